The number of hydrogen-bond donors (Lipinski definition) is 2. The number of halogens is 2. The Labute approximate surface area is 139 Å². The smallest absolute Gasteiger partial charge is 0.269 e. The topological polar surface area (TPSA) is 54.0 Å². The molecule has 6 heteroatoms. The number of rotatable bonds is 6. The zero-order chi connectivity index (χ0) is 15.9. The summed E-state index contributed by atoms with van der Waals surface area (Å²) in [5.74, 6) is -0.186. The first-order valence-electron chi connectivity index (χ1n) is 7.06. The van der Waals surface area contributed by atoms with E-state index < -0.39 is 0 Å². The molecule has 0 atom stereocenters. The van der Waals surface area contributed by atoms with Gasteiger partial charge in [-0.05, 0) is 36.8 Å². The maximum Gasteiger partial charge on any atom is 0.269 e. The quantitative estimate of drug-likeness (QED) is 0.753. The first-order chi connectivity index (χ1) is 10.6. The van der Waals surface area contributed by atoms with Crippen molar-refractivity contribution in [2.24, 2.45) is 0 Å². The van der Waals surface area contributed by atoms with Gasteiger partial charge >= 0.3 is 0 Å². The summed E-state index contributed by atoms with van der Waals surface area (Å²) in [6.45, 7) is 2.72. The Morgan fingerprint density at radius 1 is 1.23 bits per heavy atom. The normalized spacial score (nSPS) is 10.3. The van der Waals surface area contributed by atoms with Gasteiger partial charge in [0, 0.05) is 23.5 Å². The van der Waals surface area contributed by atoms with Gasteiger partial charge in [0.1, 0.15) is 5.69 Å². The van der Waals surface area contributed by atoms with Crippen LogP contribution in [0.3, 0.4) is 0 Å². The maximum atomic E-state index is 12.0. The largest absolute Gasteiger partial charge is 0.354 e. The molecule has 1 aromatic heterocycles. The van der Waals surface area contributed by atoms with Crippen LogP contribution in [-0.4, -0.2) is 17.4 Å². The molecule has 0 aliphatic carbocycles. The number of carbonyl (C=O) groups is 1. The van der Waals surface area contributed by atoms with Gasteiger partial charge in [0.05, 0.1) is 10.7 Å². The summed E-state index contributed by atoms with van der Waals surface area (Å²) in [5.41, 5.74) is 1.76. The lowest BCUT2D eigenvalue weighted by atomic mass is 10.2. The first-order valence-corrected chi connectivity index (χ1v) is 7.82. The number of nitrogens with one attached hydrogen (secondary N) is 2. The van der Waals surface area contributed by atoms with Crippen LogP contribution in [0.4, 0.5) is 11.4 Å². The lowest BCUT2D eigenvalue weighted by Gasteiger charge is -2.10. The number of carbonyl (C=O) groups excluding carboxylic acids is 1. The van der Waals surface area contributed by atoms with E-state index in [1.807, 2.05) is 0 Å². The van der Waals surface area contributed by atoms with Gasteiger partial charge in [0.2, 0.25) is 0 Å². The molecule has 116 valence electrons. The fourth-order valence-electron chi connectivity index (χ4n) is 1.85. The molecule has 1 heterocycles. The lowest BCUT2D eigenvalue weighted by Crippen LogP contribution is -2.25. The van der Waals surface area contributed by atoms with E-state index in [9.17, 15) is 4.79 Å². The molecule has 22 heavy (non-hydrogen) atoms. The van der Waals surface area contributed by atoms with Crippen LogP contribution in [0.25, 0.3) is 0 Å². The minimum Gasteiger partial charge on any atom is -0.354 e. The number of nitrogens with zero attached hydrogens (tertiary/aromatic N) is 1. The third kappa shape index (κ3) is 4.61. The molecule has 1 aromatic carbocycles. The van der Waals surface area contributed by atoms with Crippen molar-refractivity contribution in [3.63, 3.8) is 0 Å². The third-order valence-electron chi connectivity index (χ3n) is 3.02. The molecular formula is C16H17Cl2N3O. The molecule has 2 N–H and O–H groups in total. The standard InChI is InChI=1S/C16H17Cl2N3O/c1-2-3-7-20-16(22)15-10-12(6-8-19-15)21-14-9-11(17)4-5-13(14)18/h4-6,8-10H,2-3,7H2,1H3,(H,19,21)(H,20,22). The van der Waals surface area contributed by atoms with Crippen LogP contribution < -0.4 is 10.6 Å². The van der Waals surface area contributed by atoms with E-state index in [4.69, 9.17) is 23.2 Å². The number of aromatic nitrogens is 1. The number of pyridine rings is 1. The van der Waals surface area contributed by atoms with Gasteiger partial charge in [0.15, 0.2) is 0 Å². The summed E-state index contributed by atoms with van der Waals surface area (Å²) in [7, 11) is 0. The van der Waals surface area contributed by atoms with Gasteiger partial charge < -0.3 is 10.6 Å². The summed E-state index contributed by atoms with van der Waals surface area (Å²) in [6.07, 6.45) is 3.56. The van der Waals surface area contributed by atoms with Crippen LogP contribution in [0.5, 0.6) is 0 Å². The summed E-state index contributed by atoms with van der Waals surface area (Å²) in [6, 6.07) is 8.60. The van der Waals surface area contributed by atoms with Crippen molar-refractivity contribution in [3.8, 4) is 0 Å². The number of benzene rings is 1. The summed E-state index contributed by atoms with van der Waals surface area (Å²) >= 11 is 12.1. The lowest BCUT2D eigenvalue weighted by molar-refractivity contribution is 0.0948. The molecule has 0 aliphatic heterocycles. The Morgan fingerprint density at radius 3 is 2.82 bits per heavy atom. The van der Waals surface area contributed by atoms with Crippen molar-refractivity contribution in [2.75, 3.05) is 11.9 Å². The van der Waals surface area contributed by atoms with Crippen molar-refractivity contribution >= 4 is 40.5 Å². The predicted octanol–water partition coefficient (Wildman–Crippen LogP) is 4.66. The monoisotopic (exact) mass is 337 g/mol. The summed E-state index contributed by atoms with van der Waals surface area (Å²) in [4.78, 5) is 16.1. The van der Waals surface area contributed by atoms with E-state index in [2.05, 4.69) is 22.5 Å². The van der Waals surface area contributed by atoms with Crippen LogP contribution >= 0.6 is 23.2 Å². The fourth-order valence-corrected chi connectivity index (χ4v) is 2.19. The van der Waals surface area contributed by atoms with E-state index in [0.717, 1.165) is 18.5 Å². The highest BCUT2D eigenvalue weighted by molar-refractivity contribution is 6.35. The Bertz CT molecular complexity index is 662. The molecule has 0 unspecified atom stereocenters. The van der Waals surface area contributed by atoms with Crippen LogP contribution in [0.1, 0.15) is 30.3 Å². The number of unbranched alkanes of at least 4 members (excludes halogenated alkanes) is 1. The highest BCUT2D eigenvalue weighted by Gasteiger charge is 2.08. The molecule has 0 spiro atoms. The van der Waals surface area contributed by atoms with Gasteiger partial charge in [-0.2, -0.15) is 0 Å². The van der Waals surface area contributed by atoms with Gasteiger partial charge in [-0.15, -0.1) is 0 Å². The Kier molecular flexibility index (Phi) is 6.04. The predicted molar refractivity (Wildman–Crippen MR) is 91.2 cm³/mol. The molecule has 2 rings (SSSR count). The van der Waals surface area contributed by atoms with Crippen LogP contribution in [0, 0.1) is 0 Å². The number of amides is 1. The van der Waals surface area contributed by atoms with Crippen LogP contribution in [-0.2, 0) is 0 Å². The van der Waals surface area contributed by atoms with Crippen molar-refractivity contribution in [3.05, 3.63) is 52.3 Å². The SMILES string of the molecule is CCCCNC(=O)c1cc(Nc2cc(Cl)ccc2Cl)ccn1. The highest BCUT2D eigenvalue weighted by atomic mass is 35.5. The summed E-state index contributed by atoms with van der Waals surface area (Å²) in [5, 5.41) is 7.11. The van der Waals surface area contributed by atoms with Gasteiger partial charge in [0.25, 0.3) is 5.91 Å². The second-order valence-corrected chi connectivity index (χ2v) is 5.63. The second kappa shape index (κ2) is 8.01. The zero-order valence-electron chi connectivity index (χ0n) is 12.2. The van der Waals surface area contributed by atoms with Gasteiger partial charge in [-0.25, -0.2) is 0 Å². The number of hydrogen-bond acceptors (Lipinski definition) is 3. The molecule has 0 saturated heterocycles. The van der Waals surface area contributed by atoms with Crippen LogP contribution in [0.2, 0.25) is 10.0 Å². The Hall–Kier alpha value is -1.78. The van der Waals surface area contributed by atoms with E-state index in [-0.39, 0.29) is 5.91 Å². The fraction of sp³-hybridized carbons (Fsp3) is 0.250. The Balaban J connectivity index is 2.11. The molecule has 0 fully saturated rings. The molecular weight excluding hydrogens is 321 g/mol. The highest BCUT2D eigenvalue weighted by Crippen LogP contribution is 2.28. The molecule has 0 radical (unpaired) electrons. The van der Waals surface area contributed by atoms with E-state index in [1.165, 1.54) is 0 Å². The second-order valence-electron chi connectivity index (χ2n) is 4.79. The van der Waals surface area contributed by atoms with E-state index >= 15 is 0 Å². The van der Waals surface area contributed by atoms with Crippen molar-refractivity contribution in [1.29, 1.82) is 0 Å². The average molecular weight is 338 g/mol. The molecule has 4 nitrogen and oxygen atoms in total. The Morgan fingerprint density at radius 2 is 2.05 bits per heavy atom. The molecule has 0 saturated carbocycles. The van der Waals surface area contributed by atoms with E-state index in [1.54, 1.807) is 36.5 Å². The first kappa shape index (κ1) is 16.6. The van der Waals surface area contributed by atoms with E-state index in [0.29, 0.717) is 28.0 Å². The zero-order valence-corrected chi connectivity index (χ0v) is 13.7. The minimum atomic E-state index is -0.186. The van der Waals surface area contributed by atoms with Gasteiger partial charge in [-0.3, -0.25) is 9.78 Å². The van der Waals surface area contributed by atoms with Crippen molar-refractivity contribution < 1.29 is 4.79 Å². The van der Waals surface area contributed by atoms with Crippen LogP contribution in [0.15, 0.2) is 36.5 Å². The third-order valence-corrected chi connectivity index (χ3v) is 3.58. The summed E-state index contributed by atoms with van der Waals surface area (Å²) < 4.78 is 0. The number of anilines is 2. The minimum absolute atomic E-state index is 0.186. The van der Waals surface area contributed by atoms with Gasteiger partial charge in [-0.1, -0.05) is 36.5 Å². The average Bonchev–Trinajstić information content (AvgIpc) is 2.51. The molecule has 2 aromatic rings. The molecule has 0 bridgehead atoms. The molecule has 0 aliphatic rings. The molecule has 1 amide bonds. The maximum absolute atomic E-state index is 12.0. The van der Waals surface area contributed by atoms with Crippen molar-refractivity contribution in [2.45, 2.75) is 19.8 Å². The van der Waals surface area contributed by atoms with Crippen molar-refractivity contribution in [1.82, 2.24) is 10.3 Å².